The Morgan fingerprint density at radius 1 is 1.04 bits per heavy atom. The number of benzene rings is 2. The van der Waals surface area contributed by atoms with E-state index < -0.39 is 18.0 Å². The summed E-state index contributed by atoms with van der Waals surface area (Å²) in [4.78, 5) is 24.8. The van der Waals surface area contributed by atoms with E-state index in [0.29, 0.717) is 17.0 Å². The summed E-state index contributed by atoms with van der Waals surface area (Å²) in [7, 11) is 4.30. The summed E-state index contributed by atoms with van der Waals surface area (Å²) < 4.78 is 20.8. The van der Waals surface area contributed by atoms with Crippen LogP contribution >= 0.6 is 0 Å². The Morgan fingerprint density at radius 2 is 1.64 bits per heavy atom. The van der Waals surface area contributed by atoms with Gasteiger partial charge < -0.3 is 24.3 Å². The number of amides is 1. The molecule has 28 heavy (non-hydrogen) atoms. The standard InChI is InChI=1S/C20H20N2O6/c1-12(19(23)22-15-8-6-5-7-13(15)11-21)28-20(24)14-9-16(25-2)18(27-4)17(10-14)26-3/h5-10,12H,1-4H3,(H,22,23)/t12-/m0/s1. The molecule has 0 unspecified atom stereocenters. The van der Waals surface area contributed by atoms with Crippen LogP contribution in [0.4, 0.5) is 5.69 Å². The monoisotopic (exact) mass is 384 g/mol. The maximum absolute atomic E-state index is 12.5. The van der Waals surface area contributed by atoms with Crippen LogP contribution in [0.5, 0.6) is 17.2 Å². The lowest BCUT2D eigenvalue weighted by Gasteiger charge is -2.16. The number of esters is 1. The Balaban J connectivity index is 2.15. The Morgan fingerprint density at radius 3 is 2.18 bits per heavy atom. The van der Waals surface area contributed by atoms with E-state index in [-0.39, 0.29) is 17.1 Å². The van der Waals surface area contributed by atoms with Crippen molar-refractivity contribution >= 4 is 17.6 Å². The topological polar surface area (TPSA) is 107 Å². The van der Waals surface area contributed by atoms with E-state index in [9.17, 15) is 9.59 Å². The highest BCUT2D eigenvalue weighted by Gasteiger charge is 2.23. The van der Waals surface area contributed by atoms with Crippen molar-refractivity contribution in [3.05, 3.63) is 47.5 Å². The largest absolute Gasteiger partial charge is 0.493 e. The Kier molecular flexibility index (Phi) is 6.82. The predicted octanol–water partition coefficient (Wildman–Crippen LogP) is 2.77. The normalized spacial score (nSPS) is 11.0. The number of methoxy groups -OCH3 is 3. The molecule has 2 aromatic rings. The van der Waals surface area contributed by atoms with Gasteiger partial charge >= 0.3 is 5.97 Å². The minimum atomic E-state index is -1.10. The van der Waals surface area contributed by atoms with Crippen molar-refractivity contribution in [1.29, 1.82) is 5.26 Å². The van der Waals surface area contributed by atoms with Crippen LogP contribution < -0.4 is 19.5 Å². The first-order valence-electron chi connectivity index (χ1n) is 8.26. The SMILES string of the molecule is COc1cc(C(=O)O[C@@H](C)C(=O)Nc2ccccc2C#N)cc(OC)c1OC. The van der Waals surface area contributed by atoms with Crippen LogP contribution in [0.1, 0.15) is 22.8 Å². The molecule has 2 rings (SSSR count). The maximum atomic E-state index is 12.5. The number of hydrogen-bond acceptors (Lipinski definition) is 7. The van der Waals surface area contributed by atoms with E-state index in [0.717, 1.165) is 0 Å². The molecule has 1 amide bonds. The highest BCUT2D eigenvalue weighted by molar-refractivity contribution is 5.98. The summed E-state index contributed by atoms with van der Waals surface area (Å²) in [6.45, 7) is 1.43. The fourth-order valence-electron chi connectivity index (χ4n) is 2.41. The number of carbonyl (C=O) groups is 2. The molecule has 0 aliphatic rings. The molecule has 8 heteroatoms. The van der Waals surface area contributed by atoms with Crippen molar-refractivity contribution in [2.45, 2.75) is 13.0 Å². The summed E-state index contributed by atoms with van der Waals surface area (Å²) in [5, 5.41) is 11.7. The third-order valence-corrected chi connectivity index (χ3v) is 3.86. The molecule has 1 N–H and O–H groups in total. The molecule has 8 nitrogen and oxygen atoms in total. The number of carbonyl (C=O) groups excluding carboxylic acids is 2. The molecular formula is C20H20N2O6. The Hall–Kier alpha value is -3.73. The summed E-state index contributed by atoms with van der Waals surface area (Å²) in [5.41, 5.74) is 0.774. The number of rotatable bonds is 7. The van der Waals surface area contributed by atoms with Crippen molar-refractivity contribution in [2.24, 2.45) is 0 Å². The number of nitrogens with zero attached hydrogens (tertiary/aromatic N) is 1. The zero-order chi connectivity index (χ0) is 20.7. The van der Waals surface area contributed by atoms with E-state index in [1.165, 1.54) is 40.4 Å². The lowest BCUT2D eigenvalue weighted by Crippen LogP contribution is -2.30. The Bertz CT molecular complexity index is 894. The molecule has 0 saturated heterocycles. The third-order valence-electron chi connectivity index (χ3n) is 3.86. The lowest BCUT2D eigenvalue weighted by atomic mass is 10.1. The van der Waals surface area contributed by atoms with Gasteiger partial charge in [-0.25, -0.2) is 4.79 Å². The first-order chi connectivity index (χ1) is 13.4. The minimum absolute atomic E-state index is 0.131. The third kappa shape index (κ3) is 4.51. The number of anilines is 1. The predicted molar refractivity (Wildman–Crippen MR) is 101 cm³/mol. The fourth-order valence-corrected chi connectivity index (χ4v) is 2.41. The number of nitrogens with one attached hydrogen (secondary N) is 1. The summed E-state index contributed by atoms with van der Waals surface area (Å²) in [5.74, 6) is -0.401. The van der Waals surface area contributed by atoms with Gasteiger partial charge in [0.1, 0.15) is 6.07 Å². The highest BCUT2D eigenvalue weighted by Crippen LogP contribution is 2.38. The van der Waals surface area contributed by atoms with Crippen LogP contribution in [-0.4, -0.2) is 39.3 Å². The van der Waals surface area contributed by atoms with Crippen molar-refractivity contribution in [2.75, 3.05) is 26.6 Å². The number of nitriles is 1. The molecule has 0 heterocycles. The van der Waals surface area contributed by atoms with Gasteiger partial charge in [-0.05, 0) is 31.2 Å². The van der Waals surface area contributed by atoms with E-state index in [4.69, 9.17) is 24.2 Å². The zero-order valence-electron chi connectivity index (χ0n) is 15.9. The van der Waals surface area contributed by atoms with Gasteiger partial charge in [-0.1, -0.05) is 12.1 Å². The molecule has 0 aliphatic heterocycles. The van der Waals surface area contributed by atoms with Gasteiger partial charge in [-0.3, -0.25) is 4.79 Å². The average Bonchev–Trinajstić information content (AvgIpc) is 2.72. The molecule has 2 aromatic carbocycles. The fraction of sp³-hybridized carbons (Fsp3) is 0.250. The Labute approximate surface area is 162 Å². The van der Waals surface area contributed by atoms with Crippen molar-refractivity contribution in [3.8, 4) is 23.3 Å². The van der Waals surface area contributed by atoms with Gasteiger partial charge in [0.05, 0.1) is 38.1 Å². The van der Waals surface area contributed by atoms with Gasteiger partial charge in [0.15, 0.2) is 17.6 Å². The highest BCUT2D eigenvalue weighted by atomic mass is 16.5. The molecule has 0 saturated carbocycles. The number of para-hydroxylation sites is 1. The molecule has 0 bridgehead atoms. The van der Waals surface area contributed by atoms with Crippen molar-refractivity contribution in [1.82, 2.24) is 0 Å². The van der Waals surface area contributed by atoms with Crippen LogP contribution in [-0.2, 0) is 9.53 Å². The van der Waals surface area contributed by atoms with Crippen molar-refractivity contribution in [3.63, 3.8) is 0 Å². The zero-order valence-corrected chi connectivity index (χ0v) is 15.9. The minimum Gasteiger partial charge on any atom is -0.493 e. The average molecular weight is 384 g/mol. The number of ether oxygens (including phenoxy) is 4. The molecule has 0 radical (unpaired) electrons. The summed E-state index contributed by atoms with van der Waals surface area (Å²) in [6.07, 6.45) is -1.10. The summed E-state index contributed by atoms with van der Waals surface area (Å²) >= 11 is 0. The van der Waals surface area contributed by atoms with E-state index in [2.05, 4.69) is 5.32 Å². The molecule has 0 fully saturated rings. The van der Waals surface area contributed by atoms with Gasteiger partial charge in [-0.2, -0.15) is 5.26 Å². The first-order valence-corrected chi connectivity index (χ1v) is 8.26. The van der Waals surface area contributed by atoms with E-state index >= 15 is 0 Å². The van der Waals surface area contributed by atoms with Gasteiger partial charge in [0.25, 0.3) is 5.91 Å². The molecule has 1 atom stereocenters. The van der Waals surface area contributed by atoms with Crippen LogP contribution in [0.15, 0.2) is 36.4 Å². The molecule has 0 spiro atoms. The van der Waals surface area contributed by atoms with Crippen LogP contribution in [0.3, 0.4) is 0 Å². The van der Waals surface area contributed by atoms with Crippen LogP contribution in [0.25, 0.3) is 0 Å². The van der Waals surface area contributed by atoms with Crippen LogP contribution in [0.2, 0.25) is 0 Å². The second-order valence-electron chi connectivity index (χ2n) is 5.61. The van der Waals surface area contributed by atoms with E-state index in [1.54, 1.807) is 24.3 Å². The lowest BCUT2D eigenvalue weighted by molar-refractivity contribution is -0.123. The first kappa shape index (κ1) is 20.6. The van der Waals surface area contributed by atoms with Gasteiger partial charge in [0, 0.05) is 0 Å². The van der Waals surface area contributed by atoms with Crippen LogP contribution in [0, 0.1) is 11.3 Å². The van der Waals surface area contributed by atoms with E-state index in [1.807, 2.05) is 6.07 Å². The quantitative estimate of drug-likeness (QED) is 0.732. The molecule has 0 aromatic heterocycles. The maximum Gasteiger partial charge on any atom is 0.339 e. The molecular weight excluding hydrogens is 364 g/mol. The van der Waals surface area contributed by atoms with Gasteiger partial charge in [-0.15, -0.1) is 0 Å². The second kappa shape index (κ2) is 9.28. The van der Waals surface area contributed by atoms with Crippen molar-refractivity contribution < 1.29 is 28.5 Å². The van der Waals surface area contributed by atoms with Gasteiger partial charge in [0.2, 0.25) is 5.75 Å². The number of hydrogen-bond donors (Lipinski definition) is 1. The molecule has 146 valence electrons. The smallest absolute Gasteiger partial charge is 0.339 e. The summed E-state index contributed by atoms with van der Waals surface area (Å²) in [6, 6.07) is 11.4. The molecule has 0 aliphatic carbocycles. The second-order valence-corrected chi connectivity index (χ2v) is 5.61.